The summed E-state index contributed by atoms with van der Waals surface area (Å²) in [5.41, 5.74) is 17.1. The largest absolute Gasteiger partial charge is 0.309 e. The maximum Gasteiger partial charge on any atom is 0.182 e. The average Bonchev–Trinajstić information content (AvgIpc) is 3.76. The van der Waals surface area contributed by atoms with Crippen LogP contribution in [-0.2, 0) is 0 Å². The molecule has 0 amide bonds. The van der Waals surface area contributed by atoms with Crippen molar-refractivity contribution in [2.45, 2.75) is 0 Å². The van der Waals surface area contributed by atoms with E-state index >= 15 is 0 Å². The third-order valence-electron chi connectivity index (χ3n) is 12.5. The minimum atomic E-state index is 0.499. The second-order valence-electron chi connectivity index (χ2n) is 16.7. The van der Waals surface area contributed by atoms with E-state index in [1.165, 1.54) is 21.9 Å². The van der Waals surface area contributed by atoms with E-state index in [-0.39, 0.29) is 0 Å². The maximum absolute atomic E-state index is 5.21. The fourth-order valence-corrected chi connectivity index (χ4v) is 9.26. The molecule has 5 nitrogen and oxygen atoms in total. The number of pyridine rings is 1. The van der Waals surface area contributed by atoms with E-state index in [1.54, 1.807) is 0 Å². The molecule has 0 fully saturated rings. The Morgan fingerprint density at radius 3 is 1.40 bits per heavy atom. The lowest BCUT2D eigenvalue weighted by Gasteiger charge is -2.13. The molecule has 3 heterocycles. The summed E-state index contributed by atoms with van der Waals surface area (Å²) in [7, 11) is 0. The number of para-hydroxylation sites is 1. The minimum absolute atomic E-state index is 0.499. The van der Waals surface area contributed by atoms with Crippen molar-refractivity contribution in [1.29, 1.82) is 0 Å². The predicted octanol–water partition coefficient (Wildman–Crippen LogP) is 15.7. The van der Waals surface area contributed by atoms with Crippen molar-refractivity contribution < 1.29 is 0 Å². The van der Waals surface area contributed by atoms with E-state index in [4.69, 9.17) is 19.9 Å². The van der Waals surface area contributed by atoms with Crippen molar-refractivity contribution in [1.82, 2.24) is 24.5 Å². The van der Waals surface area contributed by atoms with E-state index < -0.39 is 0 Å². The Bertz CT molecular complexity index is 3660. The van der Waals surface area contributed by atoms with E-state index in [9.17, 15) is 0 Å². The molecular weight excluding hydrogens is 815 g/mol. The number of rotatable bonds is 9. The molecule has 0 bridgehead atoms. The van der Waals surface area contributed by atoms with Gasteiger partial charge in [-0.2, -0.15) is 0 Å². The van der Waals surface area contributed by atoms with Crippen LogP contribution in [0.25, 0.3) is 117 Å². The minimum Gasteiger partial charge on any atom is -0.309 e. The highest BCUT2D eigenvalue weighted by Gasteiger charge is 2.20. The summed E-state index contributed by atoms with van der Waals surface area (Å²) in [6, 6.07) is 85.3. The van der Waals surface area contributed by atoms with Gasteiger partial charge in [-0.15, -0.1) is 0 Å². The van der Waals surface area contributed by atoms with Crippen LogP contribution in [0.4, 0.5) is 0 Å². The van der Waals surface area contributed by atoms with Crippen molar-refractivity contribution in [3.63, 3.8) is 0 Å². The maximum atomic E-state index is 5.21. The summed E-state index contributed by atoms with van der Waals surface area (Å²) in [5, 5.41) is 2.34. The van der Waals surface area contributed by atoms with Crippen LogP contribution in [0.5, 0.6) is 0 Å². The summed E-state index contributed by atoms with van der Waals surface area (Å²) in [4.78, 5) is 20.4. The molecule has 12 rings (SSSR count). The summed E-state index contributed by atoms with van der Waals surface area (Å²) >= 11 is 0. The molecule has 0 aliphatic carbocycles. The molecule has 314 valence electrons. The molecule has 0 aliphatic rings. The SMILES string of the molecule is c1ccc(-c2cc(-c3ccccc3)cc(-c3cccc(-c4nc(-c5ccccc5)nc(-c5cc(-c6cccc7c6c6cc(-c8ccccc8)ccc6n7-c6ccccc6)ccn5)n4)c3)c2)cc1. The van der Waals surface area contributed by atoms with Crippen molar-refractivity contribution in [2.24, 2.45) is 0 Å². The van der Waals surface area contributed by atoms with Gasteiger partial charge >= 0.3 is 0 Å². The van der Waals surface area contributed by atoms with Gasteiger partial charge in [0, 0.05) is 33.8 Å². The van der Waals surface area contributed by atoms with Gasteiger partial charge < -0.3 is 4.57 Å². The molecule has 0 atom stereocenters. The molecule has 0 saturated heterocycles. The fourth-order valence-electron chi connectivity index (χ4n) is 9.26. The Morgan fingerprint density at radius 1 is 0.284 bits per heavy atom. The topological polar surface area (TPSA) is 56.5 Å². The zero-order valence-corrected chi connectivity index (χ0v) is 36.4. The van der Waals surface area contributed by atoms with Crippen molar-refractivity contribution in [2.75, 3.05) is 0 Å². The van der Waals surface area contributed by atoms with Gasteiger partial charge in [0.05, 0.1) is 11.0 Å². The smallest absolute Gasteiger partial charge is 0.182 e. The van der Waals surface area contributed by atoms with Gasteiger partial charge in [-0.05, 0) is 122 Å². The number of fused-ring (bicyclic) bond motifs is 3. The Labute approximate surface area is 389 Å². The van der Waals surface area contributed by atoms with Crippen LogP contribution in [0.2, 0.25) is 0 Å². The standard InChI is InChI=1S/C62H41N5/c1-6-18-42(19-7-1)47-32-33-57-55(40-47)59-54(30-17-31-58(59)67(57)53-28-14-5-15-29-53)48-34-35-63-56(41-48)62-65-60(45-24-12-4-13-25-45)64-61(66-62)49-27-16-26-46(36-49)52-38-50(43-20-8-2-9-21-43)37-51(39-52)44-22-10-3-11-23-44/h1-41H. The van der Waals surface area contributed by atoms with Gasteiger partial charge in [-0.1, -0.05) is 176 Å². The molecule has 0 aliphatic heterocycles. The average molecular weight is 856 g/mol. The molecule has 0 radical (unpaired) electrons. The number of nitrogens with zero attached hydrogens (tertiary/aromatic N) is 5. The van der Waals surface area contributed by atoms with Crippen LogP contribution in [0.3, 0.4) is 0 Å². The van der Waals surface area contributed by atoms with Gasteiger partial charge in [0.15, 0.2) is 17.5 Å². The molecule has 12 aromatic rings. The van der Waals surface area contributed by atoms with Crippen molar-refractivity contribution in [3.8, 4) is 95.6 Å². The highest BCUT2D eigenvalue weighted by molar-refractivity contribution is 6.16. The van der Waals surface area contributed by atoms with E-state index in [1.807, 2.05) is 36.5 Å². The molecule has 9 aromatic carbocycles. The zero-order valence-electron chi connectivity index (χ0n) is 36.4. The van der Waals surface area contributed by atoms with Gasteiger partial charge in [-0.3, -0.25) is 4.98 Å². The second kappa shape index (κ2) is 17.1. The first-order valence-corrected chi connectivity index (χ1v) is 22.5. The predicted molar refractivity (Wildman–Crippen MR) is 275 cm³/mol. The van der Waals surface area contributed by atoms with E-state index in [0.717, 1.165) is 72.4 Å². The highest BCUT2D eigenvalue weighted by Crippen LogP contribution is 2.41. The van der Waals surface area contributed by atoms with Crippen molar-refractivity contribution in [3.05, 3.63) is 249 Å². The first kappa shape index (κ1) is 39.5. The molecule has 0 spiro atoms. The number of benzene rings is 9. The molecular formula is C62H41N5. The van der Waals surface area contributed by atoms with Crippen LogP contribution < -0.4 is 0 Å². The van der Waals surface area contributed by atoms with Gasteiger partial charge in [0.25, 0.3) is 0 Å². The van der Waals surface area contributed by atoms with E-state index in [2.05, 4.69) is 217 Å². The lowest BCUT2D eigenvalue weighted by atomic mass is 9.93. The van der Waals surface area contributed by atoms with Gasteiger partial charge in [0.2, 0.25) is 0 Å². The second-order valence-corrected chi connectivity index (χ2v) is 16.7. The van der Waals surface area contributed by atoms with Crippen LogP contribution in [0, 0.1) is 0 Å². The summed E-state index contributed by atoms with van der Waals surface area (Å²) < 4.78 is 2.37. The molecule has 0 saturated carbocycles. The number of hydrogen-bond acceptors (Lipinski definition) is 4. The van der Waals surface area contributed by atoms with Crippen LogP contribution in [-0.4, -0.2) is 24.5 Å². The summed E-state index contributed by atoms with van der Waals surface area (Å²) in [6.07, 6.45) is 1.87. The molecule has 3 aromatic heterocycles. The third kappa shape index (κ3) is 7.64. The summed E-state index contributed by atoms with van der Waals surface area (Å²) in [6.45, 7) is 0. The Morgan fingerprint density at radius 2 is 0.761 bits per heavy atom. The Kier molecular flexibility index (Phi) is 10.1. The third-order valence-corrected chi connectivity index (χ3v) is 12.5. The lowest BCUT2D eigenvalue weighted by Crippen LogP contribution is -2.01. The number of hydrogen-bond donors (Lipinski definition) is 0. The molecule has 0 unspecified atom stereocenters. The first-order valence-electron chi connectivity index (χ1n) is 22.5. The fraction of sp³-hybridized carbons (Fsp3) is 0. The zero-order chi connectivity index (χ0) is 44.5. The van der Waals surface area contributed by atoms with Crippen LogP contribution >= 0.6 is 0 Å². The first-order chi connectivity index (χ1) is 33.2. The quantitative estimate of drug-likeness (QED) is 0.145. The Balaban J connectivity index is 1.00. The van der Waals surface area contributed by atoms with Crippen LogP contribution in [0.15, 0.2) is 249 Å². The monoisotopic (exact) mass is 855 g/mol. The lowest BCUT2D eigenvalue weighted by molar-refractivity contribution is 1.06. The van der Waals surface area contributed by atoms with Crippen molar-refractivity contribution >= 4 is 21.8 Å². The normalized spacial score (nSPS) is 11.3. The molecule has 67 heavy (non-hydrogen) atoms. The Hall–Kier alpha value is -9.06. The molecule has 5 heteroatoms. The summed E-state index contributed by atoms with van der Waals surface area (Å²) in [5.74, 6) is 1.65. The van der Waals surface area contributed by atoms with Gasteiger partial charge in [-0.25, -0.2) is 15.0 Å². The highest BCUT2D eigenvalue weighted by atomic mass is 15.0. The molecule has 0 N–H and O–H groups in total. The van der Waals surface area contributed by atoms with Crippen LogP contribution in [0.1, 0.15) is 0 Å². The van der Waals surface area contributed by atoms with E-state index in [0.29, 0.717) is 23.2 Å². The number of aromatic nitrogens is 5. The van der Waals surface area contributed by atoms with Gasteiger partial charge in [0.1, 0.15) is 5.69 Å².